The first-order valence-corrected chi connectivity index (χ1v) is 8.79. The van der Waals surface area contributed by atoms with Crippen molar-refractivity contribution in [2.24, 2.45) is 0 Å². The molecule has 134 valence electrons. The van der Waals surface area contributed by atoms with Crippen LogP contribution in [0.3, 0.4) is 0 Å². The van der Waals surface area contributed by atoms with E-state index in [-0.39, 0.29) is 12.5 Å². The third kappa shape index (κ3) is 5.03. The quantitative estimate of drug-likeness (QED) is 0.790. The monoisotopic (exact) mass is 334 g/mol. The summed E-state index contributed by atoms with van der Waals surface area (Å²) in [5.41, 5.74) is 1.63. The van der Waals surface area contributed by atoms with Crippen molar-refractivity contribution in [2.75, 3.05) is 39.4 Å². The van der Waals surface area contributed by atoms with E-state index in [1.807, 2.05) is 26.0 Å². The Morgan fingerprint density at radius 3 is 2.50 bits per heavy atom. The molecule has 1 heterocycles. The molecule has 5 nitrogen and oxygen atoms in total. The number of amides is 1. The topological polar surface area (TPSA) is 61.8 Å². The minimum Gasteiger partial charge on any atom is -0.390 e. The van der Waals surface area contributed by atoms with E-state index in [2.05, 4.69) is 29.3 Å². The van der Waals surface area contributed by atoms with Gasteiger partial charge < -0.3 is 15.2 Å². The van der Waals surface area contributed by atoms with Gasteiger partial charge in [-0.25, -0.2) is 0 Å². The molecule has 1 amide bonds. The van der Waals surface area contributed by atoms with Crippen molar-refractivity contribution >= 4 is 5.91 Å². The molecule has 0 aliphatic carbocycles. The maximum atomic E-state index is 12.6. The van der Waals surface area contributed by atoms with Gasteiger partial charge in [-0.3, -0.25) is 9.69 Å². The van der Waals surface area contributed by atoms with Gasteiger partial charge in [-0.2, -0.15) is 0 Å². The predicted molar refractivity (Wildman–Crippen MR) is 95.1 cm³/mol. The first-order valence-electron chi connectivity index (χ1n) is 8.79. The van der Waals surface area contributed by atoms with Gasteiger partial charge in [0.15, 0.2) is 0 Å². The zero-order valence-electron chi connectivity index (χ0n) is 15.0. The van der Waals surface area contributed by atoms with Crippen molar-refractivity contribution in [2.45, 2.75) is 38.7 Å². The third-order valence-corrected chi connectivity index (χ3v) is 4.72. The summed E-state index contributed by atoms with van der Waals surface area (Å²) in [6, 6.07) is 8.17. The lowest BCUT2D eigenvalue weighted by molar-refractivity contribution is -0.126. The molecule has 0 saturated carbocycles. The number of morpholine rings is 1. The van der Waals surface area contributed by atoms with Gasteiger partial charge in [0.2, 0.25) is 5.91 Å². The molecular formula is C19H30N2O3. The van der Waals surface area contributed by atoms with Gasteiger partial charge in [-0.1, -0.05) is 31.2 Å². The van der Waals surface area contributed by atoms with Crippen LogP contribution in [0, 0.1) is 0 Å². The first kappa shape index (κ1) is 18.9. The number of carbonyl (C=O) groups is 1. The van der Waals surface area contributed by atoms with Crippen LogP contribution in [-0.2, 0) is 21.4 Å². The summed E-state index contributed by atoms with van der Waals surface area (Å²) < 4.78 is 5.30. The number of nitrogens with zero attached hydrogens (tertiary/aromatic N) is 1. The minimum absolute atomic E-state index is 0.0622. The molecule has 1 aromatic rings. The molecule has 0 radical (unpaired) electrons. The van der Waals surface area contributed by atoms with E-state index in [0.717, 1.165) is 25.1 Å². The Hall–Kier alpha value is -1.43. The van der Waals surface area contributed by atoms with Crippen molar-refractivity contribution in [3.05, 3.63) is 35.4 Å². The number of aliphatic hydroxyl groups excluding tert-OH is 1. The predicted octanol–water partition coefficient (Wildman–Crippen LogP) is 1.34. The molecule has 1 saturated heterocycles. The molecule has 24 heavy (non-hydrogen) atoms. The van der Waals surface area contributed by atoms with Gasteiger partial charge in [-0.05, 0) is 31.4 Å². The van der Waals surface area contributed by atoms with Crippen LogP contribution < -0.4 is 5.32 Å². The normalized spacial score (nSPS) is 17.5. The van der Waals surface area contributed by atoms with Crippen LogP contribution in [0.25, 0.3) is 0 Å². The molecule has 1 aliphatic heterocycles. The van der Waals surface area contributed by atoms with Crippen LogP contribution in [0.15, 0.2) is 24.3 Å². The summed E-state index contributed by atoms with van der Waals surface area (Å²) in [5.74, 6) is -0.0622. The Morgan fingerprint density at radius 1 is 1.29 bits per heavy atom. The Kier molecular flexibility index (Phi) is 6.78. The second kappa shape index (κ2) is 8.60. The van der Waals surface area contributed by atoms with E-state index < -0.39 is 11.5 Å². The fraction of sp³-hybridized carbons (Fsp3) is 0.632. The van der Waals surface area contributed by atoms with Crippen molar-refractivity contribution in [3.63, 3.8) is 0 Å². The Labute approximate surface area is 145 Å². The lowest BCUT2D eigenvalue weighted by atomic mass is 9.83. The molecule has 1 fully saturated rings. The maximum Gasteiger partial charge on any atom is 0.230 e. The van der Waals surface area contributed by atoms with E-state index >= 15 is 0 Å². The highest BCUT2D eigenvalue weighted by atomic mass is 16.5. The second-order valence-corrected chi connectivity index (χ2v) is 6.95. The minimum atomic E-state index is -0.620. The lowest BCUT2D eigenvalue weighted by Crippen LogP contribution is -2.47. The molecule has 2 rings (SSSR count). The first-order chi connectivity index (χ1) is 11.4. The van der Waals surface area contributed by atoms with Gasteiger partial charge in [0, 0.05) is 26.2 Å². The van der Waals surface area contributed by atoms with Gasteiger partial charge in [0.1, 0.15) is 0 Å². The van der Waals surface area contributed by atoms with Crippen LogP contribution in [0.2, 0.25) is 0 Å². The smallest absolute Gasteiger partial charge is 0.230 e. The molecule has 0 spiro atoms. The summed E-state index contributed by atoms with van der Waals surface area (Å²) in [4.78, 5) is 14.7. The summed E-state index contributed by atoms with van der Waals surface area (Å²) in [7, 11) is 0. The largest absolute Gasteiger partial charge is 0.390 e. The zero-order chi connectivity index (χ0) is 17.6. The van der Waals surface area contributed by atoms with Crippen LogP contribution in [0.1, 0.15) is 31.9 Å². The molecule has 1 unspecified atom stereocenters. The van der Waals surface area contributed by atoms with Gasteiger partial charge in [0.25, 0.3) is 0 Å². The average molecular weight is 334 g/mol. The zero-order valence-corrected chi connectivity index (χ0v) is 15.0. The highest BCUT2D eigenvalue weighted by Crippen LogP contribution is 2.24. The Morgan fingerprint density at radius 2 is 1.92 bits per heavy atom. The number of hydrogen-bond acceptors (Lipinski definition) is 4. The summed E-state index contributed by atoms with van der Waals surface area (Å²) >= 11 is 0. The third-order valence-electron chi connectivity index (χ3n) is 4.72. The maximum absolute atomic E-state index is 12.6. The molecule has 1 atom stereocenters. The highest BCUT2D eigenvalue weighted by molar-refractivity contribution is 5.87. The number of aryl methyl sites for hydroxylation is 1. The number of ether oxygens (including phenoxy) is 1. The van der Waals surface area contributed by atoms with Crippen molar-refractivity contribution in [3.8, 4) is 0 Å². The number of nitrogens with one attached hydrogen (secondary N) is 1. The van der Waals surface area contributed by atoms with E-state index in [1.54, 1.807) is 0 Å². The van der Waals surface area contributed by atoms with E-state index in [4.69, 9.17) is 4.74 Å². The summed E-state index contributed by atoms with van der Waals surface area (Å²) in [5, 5.41) is 13.1. The fourth-order valence-electron chi connectivity index (χ4n) is 2.87. The molecule has 0 bridgehead atoms. The van der Waals surface area contributed by atoms with Gasteiger partial charge in [0.05, 0.1) is 24.7 Å². The van der Waals surface area contributed by atoms with Crippen LogP contribution >= 0.6 is 0 Å². The van der Waals surface area contributed by atoms with Crippen molar-refractivity contribution in [1.82, 2.24) is 10.2 Å². The molecule has 1 aromatic carbocycles. The van der Waals surface area contributed by atoms with Crippen molar-refractivity contribution in [1.29, 1.82) is 0 Å². The molecule has 5 heteroatoms. The number of aliphatic hydroxyl groups is 1. The van der Waals surface area contributed by atoms with Crippen LogP contribution in [0.4, 0.5) is 0 Å². The molecular weight excluding hydrogens is 304 g/mol. The average Bonchev–Trinajstić information content (AvgIpc) is 2.60. The standard InChI is InChI=1S/C19H30N2O3/c1-4-15-5-7-16(8-6-15)19(2,3)18(23)20-13-17(22)14-21-9-11-24-12-10-21/h5-8,17,22H,4,9-14H2,1-3H3,(H,20,23). The molecule has 2 N–H and O–H groups in total. The Balaban J connectivity index is 1.85. The molecule has 0 aromatic heterocycles. The lowest BCUT2D eigenvalue weighted by Gasteiger charge is -2.29. The number of hydrogen-bond donors (Lipinski definition) is 2. The Bertz CT molecular complexity index is 522. The number of β-amino-alcohol motifs (C(OH)–C–C–N with tert-alkyl or cyclic N) is 1. The van der Waals surface area contributed by atoms with E-state index in [0.29, 0.717) is 19.8 Å². The van der Waals surface area contributed by atoms with Gasteiger partial charge >= 0.3 is 0 Å². The van der Waals surface area contributed by atoms with E-state index in [9.17, 15) is 9.90 Å². The SMILES string of the molecule is CCc1ccc(C(C)(C)C(=O)NCC(O)CN2CCOCC2)cc1. The number of rotatable bonds is 7. The van der Waals surface area contributed by atoms with Crippen LogP contribution in [0.5, 0.6) is 0 Å². The molecule has 1 aliphatic rings. The van der Waals surface area contributed by atoms with Crippen molar-refractivity contribution < 1.29 is 14.6 Å². The van der Waals surface area contributed by atoms with E-state index in [1.165, 1.54) is 5.56 Å². The second-order valence-electron chi connectivity index (χ2n) is 6.95. The highest BCUT2D eigenvalue weighted by Gasteiger charge is 2.30. The summed E-state index contributed by atoms with van der Waals surface area (Å²) in [6.07, 6.45) is 0.422. The number of carbonyl (C=O) groups excluding carboxylic acids is 1. The summed E-state index contributed by atoms with van der Waals surface area (Å²) in [6.45, 7) is 9.86. The number of benzene rings is 1. The fourth-order valence-corrected chi connectivity index (χ4v) is 2.87. The van der Waals surface area contributed by atoms with Gasteiger partial charge in [-0.15, -0.1) is 0 Å². The van der Waals surface area contributed by atoms with Crippen LogP contribution in [-0.4, -0.2) is 61.4 Å².